The number of benzene rings is 2. The zero-order valence-corrected chi connectivity index (χ0v) is 13.4. The molecule has 0 fully saturated rings. The van der Waals surface area contributed by atoms with Gasteiger partial charge in [-0.2, -0.15) is 0 Å². The van der Waals surface area contributed by atoms with Gasteiger partial charge in [0.25, 0.3) is 0 Å². The van der Waals surface area contributed by atoms with Crippen LogP contribution in [0.1, 0.15) is 11.1 Å². The molecule has 3 nitrogen and oxygen atoms in total. The van der Waals surface area contributed by atoms with Crippen LogP contribution in [0.15, 0.2) is 46.9 Å². The minimum absolute atomic E-state index is 0.391. The largest absolute Gasteiger partial charge is 0.496 e. The highest BCUT2D eigenvalue weighted by atomic mass is 79.9. The first-order valence-electron chi connectivity index (χ1n) is 6.07. The first kappa shape index (κ1) is 14.8. The number of nitrogens with one attached hydrogen (secondary N) is 1. The molecule has 0 saturated carbocycles. The van der Waals surface area contributed by atoms with Gasteiger partial charge in [-0.25, -0.2) is 0 Å². The van der Waals surface area contributed by atoms with Gasteiger partial charge >= 0.3 is 0 Å². The van der Waals surface area contributed by atoms with Gasteiger partial charge < -0.3 is 15.8 Å². The number of nitrogens with two attached hydrogens (primary N) is 1. The van der Waals surface area contributed by atoms with Crippen molar-refractivity contribution in [3.63, 3.8) is 0 Å². The van der Waals surface area contributed by atoms with Crippen LogP contribution in [0, 0.1) is 0 Å². The van der Waals surface area contributed by atoms with Crippen molar-refractivity contribution >= 4 is 38.8 Å². The van der Waals surface area contributed by atoms with Crippen LogP contribution >= 0.6 is 28.1 Å². The Hall–Kier alpha value is -1.59. The van der Waals surface area contributed by atoms with Crippen LogP contribution < -0.4 is 15.8 Å². The van der Waals surface area contributed by atoms with E-state index in [2.05, 4.69) is 21.2 Å². The van der Waals surface area contributed by atoms with Gasteiger partial charge in [-0.3, -0.25) is 0 Å². The maximum Gasteiger partial charge on any atom is 0.123 e. The van der Waals surface area contributed by atoms with Crippen molar-refractivity contribution in [1.29, 1.82) is 0 Å². The second kappa shape index (κ2) is 6.72. The van der Waals surface area contributed by atoms with E-state index in [0.717, 1.165) is 27.0 Å². The topological polar surface area (TPSA) is 47.3 Å². The Morgan fingerprint density at radius 2 is 2.05 bits per heavy atom. The molecule has 0 atom stereocenters. The number of rotatable bonds is 5. The second-order valence-corrected chi connectivity index (χ2v) is 5.52. The number of halogens is 1. The van der Waals surface area contributed by atoms with E-state index in [9.17, 15) is 0 Å². The molecule has 2 aromatic carbocycles. The molecular weight excluding hydrogens is 336 g/mol. The van der Waals surface area contributed by atoms with Crippen LogP contribution in [0.25, 0.3) is 0 Å². The summed E-state index contributed by atoms with van der Waals surface area (Å²) in [6, 6.07) is 13.7. The molecule has 0 heterocycles. The van der Waals surface area contributed by atoms with E-state index in [1.165, 1.54) is 0 Å². The minimum atomic E-state index is 0.391. The molecule has 0 spiro atoms. The smallest absolute Gasteiger partial charge is 0.123 e. The van der Waals surface area contributed by atoms with Crippen molar-refractivity contribution in [3.05, 3.63) is 58.1 Å². The fourth-order valence-corrected chi connectivity index (χ4v) is 2.50. The van der Waals surface area contributed by atoms with Crippen LogP contribution in [0.5, 0.6) is 5.75 Å². The number of hydrogen-bond acceptors (Lipinski definition) is 3. The first-order valence-corrected chi connectivity index (χ1v) is 7.27. The molecule has 0 saturated heterocycles. The average Bonchev–Trinajstić information content (AvgIpc) is 2.46. The highest BCUT2D eigenvalue weighted by Gasteiger charge is 2.05. The Labute approximate surface area is 132 Å². The molecule has 5 heteroatoms. The molecular formula is C15H15BrN2OS. The van der Waals surface area contributed by atoms with E-state index in [1.807, 2.05) is 42.5 Å². The van der Waals surface area contributed by atoms with E-state index in [1.54, 1.807) is 7.11 Å². The zero-order valence-electron chi connectivity index (χ0n) is 11.0. The molecule has 0 unspecified atom stereocenters. The number of hydrogen-bond donors (Lipinski definition) is 2. The molecule has 104 valence electrons. The molecule has 2 rings (SSSR count). The summed E-state index contributed by atoms with van der Waals surface area (Å²) in [5.41, 5.74) is 8.53. The molecule has 0 aliphatic heterocycles. The van der Waals surface area contributed by atoms with E-state index < -0.39 is 0 Å². The highest BCUT2D eigenvalue weighted by molar-refractivity contribution is 9.10. The predicted molar refractivity (Wildman–Crippen MR) is 90.4 cm³/mol. The number of ether oxygens (including phenoxy) is 1. The Kier molecular flexibility index (Phi) is 4.98. The van der Waals surface area contributed by atoms with Gasteiger partial charge in [-0.05, 0) is 40.2 Å². The Balaban J connectivity index is 2.13. The number of para-hydroxylation sites is 1. The van der Waals surface area contributed by atoms with Crippen LogP contribution in [0.4, 0.5) is 5.69 Å². The lowest BCUT2D eigenvalue weighted by Gasteiger charge is -2.12. The minimum Gasteiger partial charge on any atom is -0.496 e. The third kappa shape index (κ3) is 3.49. The Bertz CT molecular complexity index is 631. The van der Waals surface area contributed by atoms with Crippen molar-refractivity contribution in [2.75, 3.05) is 12.4 Å². The standard InChI is InChI=1S/C15H15BrN2OS/c1-19-14-5-3-2-4-11(14)9-18-13-7-6-10(15(17)20)8-12(13)16/h2-8,18H,9H2,1H3,(H2,17,20). The molecule has 0 amide bonds. The Morgan fingerprint density at radius 1 is 1.30 bits per heavy atom. The molecule has 0 aliphatic rings. The summed E-state index contributed by atoms with van der Waals surface area (Å²) in [5, 5.41) is 3.36. The lowest BCUT2D eigenvalue weighted by atomic mass is 10.1. The average molecular weight is 351 g/mol. The summed E-state index contributed by atoms with van der Waals surface area (Å²) in [6.45, 7) is 0.676. The van der Waals surface area contributed by atoms with Crippen molar-refractivity contribution in [2.24, 2.45) is 5.73 Å². The van der Waals surface area contributed by atoms with E-state index in [0.29, 0.717) is 11.5 Å². The van der Waals surface area contributed by atoms with Crippen LogP contribution in [-0.2, 0) is 6.54 Å². The number of methoxy groups -OCH3 is 1. The number of thiocarbonyl (C=S) groups is 1. The van der Waals surface area contributed by atoms with E-state index in [-0.39, 0.29) is 0 Å². The fraction of sp³-hybridized carbons (Fsp3) is 0.133. The van der Waals surface area contributed by atoms with Crippen molar-refractivity contribution in [3.8, 4) is 5.75 Å². The van der Waals surface area contributed by atoms with E-state index >= 15 is 0 Å². The van der Waals surface area contributed by atoms with Gasteiger partial charge in [-0.15, -0.1) is 0 Å². The van der Waals surface area contributed by atoms with Gasteiger partial charge in [0.2, 0.25) is 0 Å². The molecule has 2 aromatic rings. The van der Waals surface area contributed by atoms with Crippen LogP contribution in [-0.4, -0.2) is 12.1 Å². The molecule has 0 bridgehead atoms. The third-order valence-electron chi connectivity index (χ3n) is 2.92. The van der Waals surface area contributed by atoms with Crippen LogP contribution in [0.3, 0.4) is 0 Å². The van der Waals surface area contributed by atoms with Gasteiger partial charge in [0.05, 0.1) is 7.11 Å². The summed E-state index contributed by atoms with van der Waals surface area (Å²) in [5.74, 6) is 0.871. The lowest BCUT2D eigenvalue weighted by molar-refractivity contribution is 0.410. The molecule has 0 aromatic heterocycles. The van der Waals surface area contributed by atoms with Gasteiger partial charge in [0.15, 0.2) is 0 Å². The molecule has 0 aliphatic carbocycles. The van der Waals surface area contributed by atoms with E-state index in [4.69, 9.17) is 22.7 Å². The maximum atomic E-state index is 5.61. The second-order valence-electron chi connectivity index (χ2n) is 4.22. The maximum absolute atomic E-state index is 5.61. The van der Waals surface area contributed by atoms with Crippen LogP contribution in [0.2, 0.25) is 0 Å². The van der Waals surface area contributed by atoms with Gasteiger partial charge in [0, 0.05) is 27.8 Å². The lowest BCUT2D eigenvalue weighted by Crippen LogP contribution is -2.09. The fourth-order valence-electron chi connectivity index (χ4n) is 1.85. The summed E-state index contributed by atoms with van der Waals surface area (Å²) in [6.07, 6.45) is 0. The normalized spacial score (nSPS) is 10.1. The molecule has 0 radical (unpaired) electrons. The molecule has 20 heavy (non-hydrogen) atoms. The monoisotopic (exact) mass is 350 g/mol. The molecule has 3 N–H and O–H groups in total. The first-order chi connectivity index (χ1) is 9.61. The predicted octanol–water partition coefficient (Wildman–Crippen LogP) is 3.70. The summed E-state index contributed by atoms with van der Waals surface area (Å²) in [7, 11) is 1.67. The number of anilines is 1. The summed E-state index contributed by atoms with van der Waals surface area (Å²) in [4.78, 5) is 0.391. The van der Waals surface area contributed by atoms with Crippen molar-refractivity contribution in [2.45, 2.75) is 6.54 Å². The summed E-state index contributed by atoms with van der Waals surface area (Å²) < 4.78 is 6.26. The van der Waals surface area contributed by atoms with Crippen molar-refractivity contribution in [1.82, 2.24) is 0 Å². The zero-order chi connectivity index (χ0) is 14.5. The summed E-state index contributed by atoms with van der Waals surface area (Å²) >= 11 is 8.47. The van der Waals surface area contributed by atoms with Crippen molar-refractivity contribution < 1.29 is 4.74 Å². The third-order valence-corrected chi connectivity index (χ3v) is 3.81. The quantitative estimate of drug-likeness (QED) is 0.807. The van der Waals surface area contributed by atoms with Gasteiger partial charge in [-0.1, -0.05) is 30.4 Å². The Morgan fingerprint density at radius 3 is 2.70 bits per heavy atom. The SMILES string of the molecule is COc1ccccc1CNc1ccc(C(N)=S)cc1Br. The van der Waals surface area contributed by atoms with Gasteiger partial charge in [0.1, 0.15) is 10.7 Å². The highest BCUT2D eigenvalue weighted by Crippen LogP contribution is 2.25.